The first-order valence-electron chi connectivity index (χ1n) is 6.63. The third-order valence-corrected chi connectivity index (χ3v) is 4.29. The van der Waals surface area contributed by atoms with Crippen LogP contribution in [0.1, 0.15) is 49.9 Å². The number of rotatable bonds is 2. The quantitative estimate of drug-likeness (QED) is 0.656. The van der Waals surface area contributed by atoms with E-state index in [4.69, 9.17) is 10.5 Å². The number of ether oxygens (including phenoxy) is 1. The number of nitrogen functional groups attached to an aromatic ring is 1. The lowest BCUT2D eigenvalue weighted by molar-refractivity contribution is 0.00962. The number of anilines is 1. The van der Waals surface area contributed by atoms with E-state index in [1.165, 1.54) is 0 Å². The minimum absolute atomic E-state index is 0.0311. The molecule has 2 N–H and O–H groups in total. The van der Waals surface area contributed by atoms with Crippen molar-refractivity contribution in [2.24, 2.45) is 5.41 Å². The SMILES string of the molecule is CC1(C)CCC(OC(=O)c2ccc(Br)cc2N)CC1. The Bertz CT molecular complexity index is 475. The van der Waals surface area contributed by atoms with E-state index < -0.39 is 0 Å². The van der Waals surface area contributed by atoms with Crippen LogP contribution in [0.15, 0.2) is 22.7 Å². The maximum Gasteiger partial charge on any atom is 0.340 e. The van der Waals surface area contributed by atoms with Gasteiger partial charge in [-0.1, -0.05) is 29.8 Å². The number of halogens is 1. The molecule has 0 atom stereocenters. The molecular weight excluding hydrogens is 306 g/mol. The molecule has 0 unspecified atom stereocenters. The van der Waals surface area contributed by atoms with E-state index in [1.54, 1.807) is 18.2 Å². The molecule has 0 aromatic heterocycles. The van der Waals surface area contributed by atoms with Crippen LogP contribution in [0, 0.1) is 5.41 Å². The number of hydrogen-bond donors (Lipinski definition) is 1. The molecular formula is C15H20BrNO2. The van der Waals surface area contributed by atoms with Crippen LogP contribution in [0.25, 0.3) is 0 Å². The summed E-state index contributed by atoms with van der Waals surface area (Å²) in [6.07, 6.45) is 4.11. The van der Waals surface area contributed by atoms with Gasteiger partial charge >= 0.3 is 5.97 Å². The zero-order chi connectivity index (χ0) is 14.0. The Morgan fingerprint density at radius 1 is 1.37 bits per heavy atom. The lowest BCUT2D eigenvalue weighted by atomic mass is 9.76. The van der Waals surface area contributed by atoms with Crippen molar-refractivity contribution in [3.05, 3.63) is 28.2 Å². The molecule has 0 bridgehead atoms. The molecule has 2 rings (SSSR count). The molecule has 1 aliphatic rings. The van der Waals surface area contributed by atoms with Crippen molar-refractivity contribution in [3.63, 3.8) is 0 Å². The van der Waals surface area contributed by atoms with Crippen LogP contribution in [0.2, 0.25) is 0 Å². The smallest absolute Gasteiger partial charge is 0.340 e. The Kier molecular flexibility index (Phi) is 4.19. The van der Waals surface area contributed by atoms with Gasteiger partial charge in [0.05, 0.1) is 5.56 Å². The molecule has 19 heavy (non-hydrogen) atoms. The van der Waals surface area contributed by atoms with Gasteiger partial charge in [-0.3, -0.25) is 0 Å². The average molecular weight is 326 g/mol. The van der Waals surface area contributed by atoms with E-state index >= 15 is 0 Å². The molecule has 104 valence electrons. The number of carbonyl (C=O) groups is 1. The van der Waals surface area contributed by atoms with Gasteiger partial charge in [-0.25, -0.2) is 4.79 Å². The molecule has 0 aliphatic heterocycles. The first-order valence-corrected chi connectivity index (χ1v) is 7.43. The van der Waals surface area contributed by atoms with Gasteiger partial charge in [-0.2, -0.15) is 0 Å². The van der Waals surface area contributed by atoms with E-state index in [2.05, 4.69) is 29.8 Å². The summed E-state index contributed by atoms with van der Waals surface area (Å²) in [4.78, 5) is 12.1. The molecule has 1 aromatic carbocycles. The Hall–Kier alpha value is -1.03. The normalized spacial score (nSPS) is 19.1. The highest BCUT2D eigenvalue weighted by Crippen LogP contribution is 2.36. The van der Waals surface area contributed by atoms with E-state index in [1.807, 2.05) is 0 Å². The summed E-state index contributed by atoms with van der Waals surface area (Å²) in [6.45, 7) is 4.52. The molecule has 1 saturated carbocycles. The summed E-state index contributed by atoms with van der Waals surface area (Å²) in [5.41, 5.74) is 7.12. The van der Waals surface area contributed by atoms with E-state index in [9.17, 15) is 4.79 Å². The zero-order valence-corrected chi connectivity index (χ0v) is 13.0. The summed E-state index contributed by atoms with van der Waals surface area (Å²) in [5, 5.41) is 0. The molecule has 1 aliphatic carbocycles. The van der Waals surface area contributed by atoms with Gasteiger partial charge in [0, 0.05) is 10.2 Å². The Balaban J connectivity index is 1.98. The van der Waals surface area contributed by atoms with E-state index in [-0.39, 0.29) is 12.1 Å². The van der Waals surface area contributed by atoms with Gasteiger partial charge in [0.1, 0.15) is 6.10 Å². The number of esters is 1. The first kappa shape index (κ1) is 14.4. The number of carbonyl (C=O) groups excluding carboxylic acids is 1. The van der Waals surface area contributed by atoms with Gasteiger partial charge in [0.15, 0.2) is 0 Å². The fraction of sp³-hybridized carbons (Fsp3) is 0.533. The van der Waals surface area contributed by atoms with Crippen molar-refractivity contribution in [2.75, 3.05) is 5.73 Å². The predicted molar refractivity (Wildman–Crippen MR) is 80.0 cm³/mol. The fourth-order valence-corrected chi connectivity index (χ4v) is 2.80. The summed E-state index contributed by atoms with van der Waals surface area (Å²) in [6, 6.07) is 5.23. The molecule has 0 spiro atoms. The molecule has 0 saturated heterocycles. The summed E-state index contributed by atoms with van der Waals surface area (Å²) >= 11 is 3.32. The van der Waals surface area contributed by atoms with E-state index in [0.29, 0.717) is 16.7 Å². The van der Waals surface area contributed by atoms with Crippen molar-refractivity contribution in [2.45, 2.75) is 45.6 Å². The van der Waals surface area contributed by atoms with Crippen LogP contribution in [0.3, 0.4) is 0 Å². The van der Waals surface area contributed by atoms with Crippen LogP contribution in [0.4, 0.5) is 5.69 Å². The number of hydrogen-bond acceptors (Lipinski definition) is 3. The standard InChI is InChI=1S/C15H20BrNO2/c1-15(2)7-5-11(6-8-15)19-14(18)12-4-3-10(16)9-13(12)17/h3-4,9,11H,5-8,17H2,1-2H3. The molecule has 3 nitrogen and oxygen atoms in total. The van der Waals surface area contributed by atoms with Gasteiger partial charge in [-0.05, 0) is 49.3 Å². The van der Waals surface area contributed by atoms with Gasteiger partial charge < -0.3 is 10.5 Å². The highest BCUT2D eigenvalue weighted by Gasteiger charge is 2.29. The van der Waals surface area contributed by atoms with Crippen molar-refractivity contribution in [3.8, 4) is 0 Å². The van der Waals surface area contributed by atoms with Gasteiger partial charge in [-0.15, -0.1) is 0 Å². The monoisotopic (exact) mass is 325 g/mol. The highest BCUT2D eigenvalue weighted by molar-refractivity contribution is 9.10. The lowest BCUT2D eigenvalue weighted by Crippen LogP contribution is -2.28. The second-order valence-corrected chi connectivity index (χ2v) is 6.92. The highest BCUT2D eigenvalue weighted by atomic mass is 79.9. The lowest BCUT2D eigenvalue weighted by Gasteiger charge is -2.33. The van der Waals surface area contributed by atoms with Crippen molar-refractivity contribution >= 4 is 27.6 Å². The molecule has 0 radical (unpaired) electrons. The summed E-state index contributed by atoms with van der Waals surface area (Å²) in [7, 11) is 0. The first-order chi connectivity index (χ1) is 8.87. The number of benzene rings is 1. The topological polar surface area (TPSA) is 52.3 Å². The minimum atomic E-state index is -0.310. The number of nitrogens with two attached hydrogens (primary N) is 1. The molecule has 1 fully saturated rings. The molecule has 0 amide bonds. The Morgan fingerprint density at radius 2 is 2.00 bits per heavy atom. The maximum atomic E-state index is 12.1. The van der Waals surface area contributed by atoms with Crippen molar-refractivity contribution in [1.82, 2.24) is 0 Å². The maximum absolute atomic E-state index is 12.1. The van der Waals surface area contributed by atoms with Gasteiger partial charge in [0.25, 0.3) is 0 Å². The van der Waals surface area contributed by atoms with E-state index in [0.717, 1.165) is 30.2 Å². The van der Waals surface area contributed by atoms with Crippen molar-refractivity contribution < 1.29 is 9.53 Å². The molecule has 0 heterocycles. The average Bonchev–Trinajstić information content (AvgIpc) is 2.31. The van der Waals surface area contributed by atoms with Crippen LogP contribution in [0.5, 0.6) is 0 Å². The third kappa shape index (κ3) is 3.72. The minimum Gasteiger partial charge on any atom is -0.459 e. The Labute approximate surface area is 122 Å². The largest absolute Gasteiger partial charge is 0.459 e. The second kappa shape index (κ2) is 5.53. The molecule has 4 heteroatoms. The van der Waals surface area contributed by atoms with Gasteiger partial charge in [0.2, 0.25) is 0 Å². The third-order valence-electron chi connectivity index (χ3n) is 3.79. The summed E-state index contributed by atoms with van der Waals surface area (Å²) < 4.78 is 6.42. The van der Waals surface area contributed by atoms with Crippen LogP contribution >= 0.6 is 15.9 Å². The van der Waals surface area contributed by atoms with Crippen LogP contribution in [-0.4, -0.2) is 12.1 Å². The zero-order valence-electron chi connectivity index (χ0n) is 11.4. The Morgan fingerprint density at radius 3 is 2.58 bits per heavy atom. The summed E-state index contributed by atoms with van der Waals surface area (Å²) in [5.74, 6) is -0.310. The van der Waals surface area contributed by atoms with Crippen LogP contribution in [-0.2, 0) is 4.74 Å². The second-order valence-electron chi connectivity index (χ2n) is 6.00. The fourth-order valence-electron chi connectivity index (χ4n) is 2.42. The van der Waals surface area contributed by atoms with Crippen molar-refractivity contribution in [1.29, 1.82) is 0 Å². The molecule has 1 aromatic rings. The predicted octanol–water partition coefficient (Wildman–Crippen LogP) is 4.16. The van der Waals surface area contributed by atoms with Crippen LogP contribution < -0.4 is 5.73 Å².